The molecule has 9 heteroatoms. The molecule has 2 aliphatic rings. The van der Waals surface area contributed by atoms with Crippen molar-refractivity contribution in [2.45, 2.75) is 49.7 Å². The second-order valence-electron chi connectivity index (χ2n) is 7.47. The van der Waals surface area contributed by atoms with Crippen LogP contribution in [-0.4, -0.2) is 85.4 Å². The molecule has 27 heavy (non-hydrogen) atoms. The lowest BCUT2D eigenvalue weighted by molar-refractivity contribution is -0.0137. The van der Waals surface area contributed by atoms with E-state index in [1.54, 1.807) is 0 Å². The van der Waals surface area contributed by atoms with Crippen molar-refractivity contribution in [3.05, 3.63) is 30.3 Å². The molecule has 0 radical (unpaired) electrons. The van der Waals surface area contributed by atoms with E-state index >= 15 is 0 Å². The van der Waals surface area contributed by atoms with Gasteiger partial charge in [0.2, 0.25) is 0 Å². The van der Waals surface area contributed by atoms with Gasteiger partial charge in [0.05, 0.1) is 12.1 Å². The summed E-state index contributed by atoms with van der Waals surface area (Å²) in [6.07, 6.45) is -0.101. The fourth-order valence-electron chi connectivity index (χ4n) is 3.85. The molecule has 4 atom stereocenters. The predicted molar refractivity (Wildman–Crippen MR) is 102 cm³/mol. The van der Waals surface area contributed by atoms with Gasteiger partial charge in [0.25, 0.3) is 10.2 Å². The van der Waals surface area contributed by atoms with Crippen LogP contribution in [0.25, 0.3) is 0 Å². The van der Waals surface area contributed by atoms with Crippen LogP contribution in [0.4, 0.5) is 0 Å². The quantitative estimate of drug-likeness (QED) is 0.612. The van der Waals surface area contributed by atoms with E-state index in [0.29, 0.717) is 38.1 Å². The van der Waals surface area contributed by atoms with Crippen molar-refractivity contribution in [3.63, 3.8) is 0 Å². The Kier molecular flexibility index (Phi) is 6.39. The first-order valence-electron chi connectivity index (χ1n) is 9.29. The molecule has 0 bridgehead atoms. The number of nitrogens with zero attached hydrogens (tertiary/aromatic N) is 2. The molecule has 1 aromatic carbocycles. The summed E-state index contributed by atoms with van der Waals surface area (Å²) in [5, 5.41) is 20.7. The SMILES string of the molecule is CN(C)S(=O)(=O)N[C@@H]1C[C@@H](Oc2ccccc2)[C@H](O)[C@H]1N1CCC(O)CC1. The van der Waals surface area contributed by atoms with E-state index in [4.69, 9.17) is 4.74 Å². The van der Waals surface area contributed by atoms with Crippen molar-refractivity contribution in [2.24, 2.45) is 0 Å². The summed E-state index contributed by atoms with van der Waals surface area (Å²) in [4.78, 5) is 2.06. The minimum atomic E-state index is -3.64. The molecule has 1 aromatic rings. The van der Waals surface area contributed by atoms with E-state index < -0.39 is 34.5 Å². The van der Waals surface area contributed by atoms with Gasteiger partial charge in [-0.1, -0.05) is 18.2 Å². The van der Waals surface area contributed by atoms with E-state index in [2.05, 4.69) is 9.62 Å². The average Bonchev–Trinajstić information content (AvgIpc) is 2.91. The maximum Gasteiger partial charge on any atom is 0.279 e. The number of likely N-dealkylation sites (tertiary alicyclic amines) is 1. The largest absolute Gasteiger partial charge is 0.488 e. The van der Waals surface area contributed by atoms with Crippen LogP contribution in [0.15, 0.2) is 30.3 Å². The van der Waals surface area contributed by atoms with Gasteiger partial charge in [-0.25, -0.2) is 0 Å². The molecule has 0 amide bonds. The Hall–Kier alpha value is -1.23. The number of hydrogen-bond donors (Lipinski definition) is 3. The van der Waals surface area contributed by atoms with Gasteiger partial charge < -0.3 is 14.9 Å². The maximum atomic E-state index is 12.4. The molecule has 1 saturated carbocycles. The first-order chi connectivity index (χ1) is 12.8. The molecule has 1 aliphatic carbocycles. The van der Waals surface area contributed by atoms with E-state index in [-0.39, 0.29) is 6.10 Å². The number of benzene rings is 1. The predicted octanol–water partition coefficient (Wildman–Crippen LogP) is -0.211. The zero-order valence-corrected chi connectivity index (χ0v) is 16.5. The first kappa shape index (κ1) is 20.5. The monoisotopic (exact) mass is 399 g/mol. The summed E-state index contributed by atoms with van der Waals surface area (Å²) in [7, 11) is -0.703. The van der Waals surface area contributed by atoms with Crippen LogP contribution < -0.4 is 9.46 Å². The van der Waals surface area contributed by atoms with E-state index in [1.807, 2.05) is 30.3 Å². The van der Waals surface area contributed by atoms with Crippen LogP contribution in [0, 0.1) is 0 Å². The van der Waals surface area contributed by atoms with Crippen molar-refractivity contribution in [1.29, 1.82) is 0 Å². The number of rotatable bonds is 6. The Morgan fingerprint density at radius 2 is 1.78 bits per heavy atom. The molecule has 8 nitrogen and oxygen atoms in total. The second-order valence-corrected chi connectivity index (χ2v) is 9.38. The Labute approximate surface area is 160 Å². The second kappa shape index (κ2) is 8.42. The maximum absolute atomic E-state index is 12.4. The minimum absolute atomic E-state index is 0.340. The molecule has 1 heterocycles. The Morgan fingerprint density at radius 1 is 1.15 bits per heavy atom. The first-order valence-corrected chi connectivity index (χ1v) is 10.7. The van der Waals surface area contributed by atoms with Crippen molar-refractivity contribution in [3.8, 4) is 5.75 Å². The minimum Gasteiger partial charge on any atom is -0.488 e. The van der Waals surface area contributed by atoms with Crippen LogP contribution in [0.3, 0.4) is 0 Å². The highest BCUT2D eigenvalue weighted by Gasteiger charge is 2.48. The molecule has 1 aliphatic heterocycles. The van der Waals surface area contributed by atoms with Crippen LogP contribution in [0.2, 0.25) is 0 Å². The number of ether oxygens (including phenoxy) is 1. The zero-order chi connectivity index (χ0) is 19.6. The lowest BCUT2D eigenvalue weighted by Crippen LogP contribution is -2.56. The van der Waals surface area contributed by atoms with Gasteiger partial charge in [0.1, 0.15) is 18.0 Å². The zero-order valence-electron chi connectivity index (χ0n) is 15.7. The van der Waals surface area contributed by atoms with Crippen LogP contribution >= 0.6 is 0 Å². The van der Waals surface area contributed by atoms with Crippen LogP contribution in [0.5, 0.6) is 5.75 Å². The Morgan fingerprint density at radius 3 is 2.37 bits per heavy atom. The molecular formula is C18H29N3O5S. The van der Waals surface area contributed by atoms with Gasteiger partial charge >= 0.3 is 0 Å². The van der Waals surface area contributed by atoms with Gasteiger partial charge in [-0.3, -0.25) is 4.90 Å². The Bertz CT molecular complexity index is 707. The average molecular weight is 400 g/mol. The lowest BCUT2D eigenvalue weighted by atomic mass is 10.0. The molecule has 152 valence electrons. The molecule has 3 rings (SSSR count). The summed E-state index contributed by atoms with van der Waals surface area (Å²) >= 11 is 0. The molecule has 3 N–H and O–H groups in total. The Balaban J connectivity index is 1.79. The van der Waals surface area contributed by atoms with Crippen LogP contribution in [0.1, 0.15) is 19.3 Å². The van der Waals surface area contributed by atoms with Crippen molar-refractivity contribution in [2.75, 3.05) is 27.2 Å². The summed E-state index contributed by atoms with van der Waals surface area (Å²) in [5.41, 5.74) is 0. The number of aliphatic hydroxyl groups excluding tert-OH is 2. The van der Waals surface area contributed by atoms with E-state index in [1.165, 1.54) is 14.1 Å². The third kappa shape index (κ3) is 4.79. The van der Waals surface area contributed by atoms with Gasteiger partial charge in [-0.2, -0.15) is 17.4 Å². The van der Waals surface area contributed by atoms with E-state index in [0.717, 1.165) is 4.31 Å². The standard InChI is InChI=1S/C18H29N3O5S/c1-20(2)27(24,25)19-15-12-16(26-14-6-4-3-5-7-14)18(23)17(15)21-10-8-13(22)9-11-21/h3-7,13,15-19,22-23H,8-12H2,1-2H3/t15-,16-,17+,18+/m1/s1. The molecule has 0 unspecified atom stereocenters. The van der Waals surface area contributed by atoms with Crippen molar-refractivity contribution >= 4 is 10.2 Å². The molecule has 0 aromatic heterocycles. The van der Waals surface area contributed by atoms with Gasteiger partial charge in [0.15, 0.2) is 0 Å². The molecule has 0 spiro atoms. The fourth-order valence-corrected chi connectivity index (χ4v) is 4.68. The molecule has 2 fully saturated rings. The number of aliphatic hydroxyl groups is 2. The highest BCUT2D eigenvalue weighted by Crippen LogP contribution is 2.31. The summed E-state index contributed by atoms with van der Waals surface area (Å²) in [6.45, 7) is 1.22. The third-order valence-electron chi connectivity index (χ3n) is 5.36. The number of piperidine rings is 1. The van der Waals surface area contributed by atoms with Gasteiger partial charge in [-0.15, -0.1) is 0 Å². The van der Waals surface area contributed by atoms with Crippen molar-refractivity contribution < 1.29 is 23.4 Å². The van der Waals surface area contributed by atoms with Gasteiger partial charge in [-0.05, 0) is 25.0 Å². The number of hydrogen-bond acceptors (Lipinski definition) is 6. The number of para-hydroxylation sites is 1. The van der Waals surface area contributed by atoms with Gasteiger partial charge in [0, 0.05) is 39.6 Å². The van der Waals surface area contributed by atoms with E-state index in [9.17, 15) is 18.6 Å². The highest BCUT2D eigenvalue weighted by molar-refractivity contribution is 7.87. The smallest absolute Gasteiger partial charge is 0.279 e. The summed E-state index contributed by atoms with van der Waals surface area (Å²) < 4.78 is 34.5. The van der Waals surface area contributed by atoms with Crippen molar-refractivity contribution in [1.82, 2.24) is 13.9 Å². The normalized spacial score (nSPS) is 30.7. The topological polar surface area (TPSA) is 102 Å². The fraction of sp³-hybridized carbons (Fsp3) is 0.667. The highest BCUT2D eigenvalue weighted by atomic mass is 32.2. The number of nitrogens with one attached hydrogen (secondary N) is 1. The summed E-state index contributed by atoms with van der Waals surface area (Å²) in [5.74, 6) is 0.644. The van der Waals surface area contributed by atoms with Crippen LogP contribution in [-0.2, 0) is 10.2 Å². The molecule has 1 saturated heterocycles. The third-order valence-corrected chi connectivity index (χ3v) is 6.92. The summed E-state index contributed by atoms with van der Waals surface area (Å²) in [6, 6.07) is 8.34. The molecular weight excluding hydrogens is 370 g/mol. The lowest BCUT2D eigenvalue weighted by Gasteiger charge is -2.38.